The van der Waals surface area contributed by atoms with Gasteiger partial charge in [0.05, 0.1) is 31.2 Å². The predicted octanol–water partition coefficient (Wildman–Crippen LogP) is 4.91. The van der Waals surface area contributed by atoms with E-state index in [-0.39, 0.29) is 12.2 Å². The Balaban J connectivity index is 1.26. The van der Waals surface area contributed by atoms with Crippen LogP contribution in [-0.4, -0.2) is 76.2 Å². The molecule has 2 aromatic rings. The van der Waals surface area contributed by atoms with E-state index in [1.165, 1.54) is 77.0 Å². The number of phosphoric ester groups is 1. The fourth-order valence-corrected chi connectivity index (χ4v) is 8.00. The quantitative estimate of drug-likeness (QED) is 0.0580. The third-order valence-electron chi connectivity index (χ3n) is 10.4. The zero-order valence-corrected chi connectivity index (χ0v) is 32.5. The highest BCUT2D eigenvalue weighted by atomic mass is 31.2. The minimum absolute atomic E-state index is 0.265. The summed E-state index contributed by atoms with van der Waals surface area (Å²) in [6.45, 7) is 1.67. The number of anilines is 1. The molecule has 2 aliphatic heterocycles. The highest BCUT2D eigenvalue weighted by molar-refractivity contribution is 7.46. The number of halogens is 2. The molecular formula is C36H58F2N5O11P. The van der Waals surface area contributed by atoms with Crippen molar-refractivity contribution in [3.05, 3.63) is 55.4 Å². The maximum absolute atomic E-state index is 15.2. The summed E-state index contributed by atoms with van der Waals surface area (Å²) in [5.41, 5.74) is -5.23. The van der Waals surface area contributed by atoms with Gasteiger partial charge in [-0.05, 0) is 6.42 Å². The first-order chi connectivity index (χ1) is 26.3. The molecule has 0 aliphatic carbocycles. The van der Waals surface area contributed by atoms with Crippen LogP contribution in [0.4, 0.5) is 14.6 Å². The molecule has 6 unspecified atom stereocenters. The lowest BCUT2D eigenvalue weighted by Gasteiger charge is -2.35. The van der Waals surface area contributed by atoms with Gasteiger partial charge in [-0.25, -0.2) is 18.5 Å². The van der Waals surface area contributed by atoms with Crippen molar-refractivity contribution in [2.24, 2.45) is 0 Å². The molecule has 4 rings (SSSR count). The Morgan fingerprint density at radius 1 is 0.891 bits per heavy atom. The summed E-state index contributed by atoms with van der Waals surface area (Å²) in [4.78, 5) is 61.7. The molecular weight excluding hydrogens is 747 g/mol. The Bertz CT molecular complexity index is 1720. The number of aromatic nitrogens is 4. The molecule has 2 aromatic heterocycles. The van der Waals surface area contributed by atoms with Crippen molar-refractivity contribution in [1.82, 2.24) is 19.1 Å². The lowest BCUT2D eigenvalue weighted by Crippen LogP contribution is -2.48. The SMILES string of the molecule is CCCCCCCCCCCCCCCCCCNc1nc(=O)n(C2CC(OP(=O)(O)O)C(CO)(CC3OC(n4cc(F)c(=O)[nH]c4=O)CC3O)O2)cc1F. The monoisotopic (exact) mass is 805 g/mol. The number of H-pyrrole nitrogens is 1. The number of rotatable bonds is 25. The van der Waals surface area contributed by atoms with E-state index in [2.05, 4.69) is 17.2 Å². The van der Waals surface area contributed by atoms with E-state index in [1.54, 1.807) is 4.98 Å². The van der Waals surface area contributed by atoms with Crippen LogP contribution in [0.2, 0.25) is 0 Å². The molecule has 16 nitrogen and oxygen atoms in total. The van der Waals surface area contributed by atoms with Crippen LogP contribution in [0.15, 0.2) is 26.8 Å². The molecule has 0 saturated carbocycles. The molecule has 0 aromatic carbocycles. The van der Waals surface area contributed by atoms with Gasteiger partial charge in [-0.1, -0.05) is 103 Å². The highest BCUT2D eigenvalue weighted by Crippen LogP contribution is 2.50. The average Bonchev–Trinajstić information content (AvgIpc) is 3.67. The van der Waals surface area contributed by atoms with E-state index in [0.717, 1.165) is 41.0 Å². The number of hydrogen-bond acceptors (Lipinski definition) is 11. The smallest absolute Gasteiger partial charge is 0.393 e. The van der Waals surface area contributed by atoms with Gasteiger partial charge >= 0.3 is 19.2 Å². The molecule has 55 heavy (non-hydrogen) atoms. The first-order valence-corrected chi connectivity index (χ1v) is 21.2. The number of aliphatic hydroxyl groups excluding tert-OH is 2. The van der Waals surface area contributed by atoms with Gasteiger partial charge in [0.2, 0.25) is 5.82 Å². The van der Waals surface area contributed by atoms with Gasteiger partial charge in [-0.3, -0.25) is 23.4 Å². The zero-order valence-electron chi connectivity index (χ0n) is 31.6. The van der Waals surface area contributed by atoms with Crippen LogP contribution >= 0.6 is 7.82 Å². The molecule has 0 spiro atoms. The molecule has 2 saturated heterocycles. The fourth-order valence-electron chi connectivity index (χ4n) is 7.39. The molecule has 0 bridgehead atoms. The van der Waals surface area contributed by atoms with Gasteiger partial charge < -0.3 is 34.8 Å². The molecule has 312 valence electrons. The molecule has 19 heteroatoms. The largest absolute Gasteiger partial charge is 0.469 e. The van der Waals surface area contributed by atoms with Crippen LogP contribution in [0, 0.1) is 11.6 Å². The van der Waals surface area contributed by atoms with Crippen LogP contribution in [0.1, 0.15) is 141 Å². The summed E-state index contributed by atoms with van der Waals surface area (Å²) in [6.07, 6.45) is 12.8. The van der Waals surface area contributed by atoms with Crippen LogP contribution in [0.3, 0.4) is 0 Å². The summed E-state index contributed by atoms with van der Waals surface area (Å²) >= 11 is 0. The topological polar surface area (TPSA) is 227 Å². The third kappa shape index (κ3) is 13.4. The van der Waals surface area contributed by atoms with Crippen molar-refractivity contribution < 1.29 is 47.3 Å². The van der Waals surface area contributed by atoms with Crippen LogP contribution in [0.25, 0.3) is 0 Å². The van der Waals surface area contributed by atoms with E-state index in [4.69, 9.17) is 14.0 Å². The maximum Gasteiger partial charge on any atom is 0.469 e. The van der Waals surface area contributed by atoms with Crippen molar-refractivity contribution in [3.63, 3.8) is 0 Å². The van der Waals surface area contributed by atoms with Crippen molar-refractivity contribution in [2.45, 2.75) is 165 Å². The Morgan fingerprint density at radius 2 is 1.45 bits per heavy atom. The van der Waals surface area contributed by atoms with Gasteiger partial charge in [0.15, 0.2) is 11.6 Å². The summed E-state index contributed by atoms with van der Waals surface area (Å²) in [7, 11) is -5.23. The Kier molecular flexibility index (Phi) is 17.6. The van der Waals surface area contributed by atoms with E-state index in [0.29, 0.717) is 12.7 Å². The van der Waals surface area contributed by atoms with Crippen LogP contribution in [0.5, 0.6) is 0 Å². The molecule has 6 N–H and O–H groups in total. The summed E-state index contributed by atoms with van der Waals surface area (Å²) < 4.78 is 59.3. The zero-order chi connectivity index (χ0) is 40.0. The number of ether oxygens (including phenoxy) is 2. The van der Waals surface area contributed by atoms with E-state index in [9.17, 15) is 43.3 Å². The number of unbranched alkanes of at least 4 members (excludes halogenated alkanes) is 15. The molecule has 2 fully saturated rings. The van der Waals surface area contributed by atoms with Gasteiger partial charge in [0.1, 0.15) is 24.2 Å². The van der Waals surface area contributed by atoms with Gasteiger partial charge in [-0.15, -0.1) is 0 Å². The number of phosphoric acid groups is 1. The van der Waals surface area contributed by atoms with Crippen molar-refractivity contribution in [3.8, 4) is 0 Å². The van der Waals surface area contributed by atoms with Gasteiger partial charge in [0, 0.05) is 25.8 Å². The second kappa shape index (κ2) is 21.6. The fraction of sp³-hybridized carbons (Fsp3) is 0.778. The second-order valence-electron chi connectivity index (χ2n) is 14.8. The normalized spacial score (nSPS) is 24.2. The van der Waals surface area contributed by atoms with E-state index < -0.39 is 92.2 Å². The number of nitrogens with one attached hydrogen (secondary N) is 2. The second-order valence-corrected chi connectivity index (χ2v) is 15.9. The Labute approximate surface area is 318 Å². The maximum atomic E-state index is 15.2. The first kappa shape index (κ1) is 44.9. The third-order valence-corrected chi connectivity index (χ3v) is 11.0. The summed E-state index contributed by atoms with van der Waals surface area (Å²) in [5.74, 6) is -2.43. The minimum atomic E-state index is -5.23. The van der Waals surface area contributed by atoms with Crippen molar-refractivity contribution in [2.75, 3.05) is 18.5 Å². The minimum Gasteiger partial charge on any atom is -0.393 e. The number of aliphatic hydroxyl groups is 2. The van der Waals surface area contributed by atoms with Gasteiger partial charge in [0.25, 0.3) is 5.56 Å². The standard InChI is InChI=1S/C36H58F2N5O11P/c1-2-3-4-5-6-7-8-9-10-11-12-13-14-15-16-17-18-39-32-25(37)22-43(34(47)40-32)31-20-29(54-55(49,50)51)36(24-44,53-31)21-28-27(45)19-30(52-28)42-23-26(38)33(46)41-35(42)48/h22-23,27-31,44-45H,2-21,24H2,1H3,(H,39,40,47)(H,41,46,48)(H2,49,50,51). The van der Waals surface area contributed by atoms with Crippen molar-refractivity contribution in [1.29, 1.82) is 0 Å². The number of aromatic amines is 1. The predicted molar refractivity (Wildman–Crippen MR) is 198 cm³/mol. The van der Waals surface area contributed by atoms with Crippen LogP contribution in [-0.2, 0) is 18.6 Å². The lowest BCUT2D eigenvalue weighted by molar-refractivity contribution is -0.157. The molecule has 0 radical (unpaired) electrons. The van der Waals surface area contributed by atoms with Crippen LogP contribution < -0.4 is 22.3 Å². The van der Waals surface area contributed by atoms with Crippen molar-refractivity contribution >= 4 is 13.6 Å². The highest BCUT2D eigenvalue weighted by Gasteiger charge is 2.55. The molecule has 0 amide bonds. The number of nitrogens with zero attached hydrogens (tertiary/aromatic N) is 3. The summed E-state index contributed by atoms with van der Waals surface area (Å²) in [6, 6.07) is 0. The molecule has 6 atom stereocenters. The molecule has 2 aliphatic rings. The lowest BCUT2D eigenvalue weighted by atomic mass is 9.89. The van der Waals surface area contributed by atoms with E-state index >= 15 is 4.39 Å². The average molecular weight is 806 g/mol. The first-order valence-electron chi connectivity index (χ1n) is 19.7. The summed E-state index contributed by atoms with van der Waals surface area (Å²) in [5, 5.41) is 24.1. The number of hydrogen-bond donors (Lipinski definition) is 6. The van der Waals surface area contributed by atoms with Gasteiger partial charge in [-0.2, -0.15) is 9.37 Å². The molecule has 4 heterocycles. The Hall–Kier alpha value is -2.83. The van der Waals surface area contributed by atoms with E-state index in [1.807, 2.05) is 0 Å². The Morgan fingerprint density at radius 3 is 2.02 bits per heavy atom.